The van der Waals surface area contributed by atoms with Gasteiger partial charge in [0.05, 0.1) is 5.56 Å². The first-order valence-corrected chi connectivity index (χ1v) is 5.00. The fourth-order valence-electron chi connectivity index (χ4n) is 2.14. The van der Waals surface area contributed by atoms with Crippen molar-refractivity contribution < 1.29 is 14.7 Å². The number of ketones is 1. The number of benzene rings is 1. The van der Waals surface area contributed by atoms with Gasteiger partial charge in [-0.05, 0) is 30.9 Å². The van der Waals surface area contributed by atoms with Gasteiger partial charge in [0.15, 0.2) is 5.78 Å². The van der Waals surface area contributed by atoms with Gasteiger partial charge in [-0.2, -0.15) is 0 Å². The molecule has 0 amide bonds. The van der Waals surface area contributed by atoms with E-state index in [0.29, 0.717) is 24.0 Å². The fourth-order valence-corrected chi connectivity index (χ4v) is 2.14. The molecular formula is C12H12O3. The van der Waals surface area contributed by atoms with Crippen molar-refractivity contribution in [3.63, 3.8) is 0 Å². The van der Waals surface area contributed by atoms with E-state index in [9.17, 15) is 9.59 Å². The number of carboxylic acids is 1. The van der Waals surface area contributed by atoms with Crippen LogP contribution in [0.4, 0.5) is 0 Å². The molecule has 0 aliphatic heterocycles. The van der Waals surface area contributed by atoms with Crippen LogP contribution in [0.15, 0.2) is 12.1 Å². The maximum absolute atomic E-state index is 11.6. The van der Waals surface area contributed by atoms with Crippen LogP contribution in [0.25, 0.3) is 0 Å². The molecular weight excluding hydrogens is 192 g/mol. The zero-order valence-electron chi connectivity index (χ0n) is 8.54. The van der Waals surface area contributed by atoms with Crippen molar-refractivity contribution in [3.05, 3.63) is 34.4 Å². The van der Waals surface area contributed by atoms with E-state index in [1.165, 1.54) is 0 Å². The van der Waals surface area contributed by atoms with Gasteiger partial charge in [0, 0.05) is 12.0 Å². The number of Topliss-reactive ketones (excluding diaryl/α,β-unsaturated/α-hetero) is 1. The summed E-state index contributed by atoms with van der Waals surface area (Å²) >= 11 is 0. The van der Waals surface area contributed by atoms with E-state index >= 15 is 0 Å². The molecule has 1 aromatic rings. The van der Waals surface area contributed by atoms with E-state index in [-0.39, 0.29) is 5.78 Å². The quantitative estimate of drug-likeness (QED) is 0.763. The SMILES string of the molecule is Cc1ccc2c(c1C(=O)O)CCCC2=O. The van der Waals surface area contributed by atoms with E-state index in [4.69, 9.17) is 5.11 Å². The molecule has 15 heavy (non-hydrogen) atoms. The molecule has 3 nitrogen and oxygen atoms in total. The second-order valence-corrected chi connectivity index (χ2v) is 3.87. The number of fused-ring (bicyclic) bond motifs is 1. The van der Waals surface area contributed by atoms with Gasteiger partial charge in [0.1, 0.15) is 0 Å². The highest BCUT2D eigenvalue weighted by molar-refractivity contribution is 6.02. The first kappa shape index (κ1) is 9.90. The number of hydrogen-bond donors (Lipinski definition) is 1. The summed E-state index contributed by atoms with van der Waals surface area (Å²) in [6, 6.07) is 3.46. The van der Waals surface area contributed by atoms with Crippen LogP contribution in [0.3, 0.4) is 0 Å². The van der Waals surface area contributed by atoms with E-state index < -0.39 is 5.97 Å². The van der Waals surface area contributed by atoms with Crippen LogP contribution >= 0.6 is 0 Å². The van der Waals surface area contributed by atoms with Gasteiger partial charge in [-0.1, -0.05) is 12.1 Å². The topological polar surface area (TPSA) is 54.4 Å². The minimum atomic E-state index is -0.931. The number of hydrogen-bond acceptors (Lipinski definition) is 2. The van der Waals surface area contributed by atoms with Crippen LogP contribution in [0.2, 0.25) is 0 Å². The minimum Gasteiger partial charge on any atom is -0.478 e. The van der Waals surface area contributed by atoms with Crippen molar-refractivity contribution in [2.24, 2.45) is 0 Å². The van der Waals surface area contributed by atoms with Crippen LogP contribution in [0.5, 0.6) is 0 Å². The summed E-state index contributed by atoms with van der Waals surface area (Å²) in [4.78, 5) is 22.7. The maximum Gasteiger partial charge on any atom is 0.336 e. The molecule has 0 atom stereocenters. The molecule has 0 spiro atoms. The Morgan fingerprint density at radius 3 is 2.73 bits per heavy atom. The number of rotatable bonds is 1. The average molecular weight is 204 g/mol. The van der Waals surface area contributed by atoms with Gasteiger partial charge in [-0.25, -0.2) is 4.79 Å². The van der Waals surface area contributed by atoms with Crippen LogP contribution in [-0.4, -0.2) is 16.9 Å². The number of carbonyl (C=O) groups is 2. The van der Waals surface area contributed by atoms with Gasteiger partial charge in [-0.15, -0.1) is 0 Å². The smallest absolute Gasteiger partial charge is 0.336 e. The van der Waals surface area contributed by atoms with Crippen LogP contribution < -0.4 is 0 Å². The zero-order chi connectivity index (χ0) is 11.0. The zero-order valence-corrected chi connectivity index (χ0v) is 8.54. The first-order valence-electron chi connectivity index (χ1n) is 5.00. The Morgan fingerprint density at radius 2 is 2.07 bits per heavy atom. The summed E-state index contributed by atoms with van der Waals surface area (Å²) in [7, 11) is 0. The highest BCUT2D eigenvalue weighted by Crippen LogP contribution is 2.26. The second-order valence-electron chi connectivity index (χ2n) is 3.87. The Morgan fingerprint density at radius 1 is 1.33 bits per heavy atom. The third kappa shape index (κ3) is 1.54. The number of aromatic carboxylic acids is 1. The molecule has 1 N–H and O–H groups in total. The van der Waals surface area contributed by atoms with Crippen LogP contribution in [-0.2, 0) is 6.42 Å². The van der Waals surface area contributed by atoms with Crippen molar-refractivity contribution in [3.8, 4) is 0 Å². The summed E-state index contributed by atoms with van der Waals surface area (Å²) in [5.74, 6) is -0.863. The summed E-state index contributed by atoms with van der Waals surface area (Å²) in [6.45, 7) is 1.77. The number of carboxylic acid groups (broad SMARTS) is 1. The Bertz CT molecular complexity index is 446. The molecule has 0 fully saturated rings. The third-order valence-corrected chi connectivity index (χ3v) is 2.87. The number of aryl methyl sites for hydroxylation is 1. The Kier molecular flexibility index (Phi) is 2.31. The molecule has 0 heterocycles. The lowest BCUT2D eigenvalue weighted by Gasteiger charge is -2.18. The van der Waals surface area contributed by atoms with Gasteiger partial charge < -0.3 is 5.11 Å². The predicted molar refractivity (Wildman–Crippen MR) is 55.4 cm³/mol. The molecule has 78 valence electrons. The van der Waals surface area contributed by atoms with Crippen molar-refractivity contribution in [2.45, 2.75) is 26.2 Å². The van der Waals surface area contributed by atoms with E-state index in [2.05, 4.69) is 0 Å². The molecule has 0 aromatic heterocycles. The van der Waals surface area contributed by atoms with Gasteiger partial charge in [0.25, 0.3) is 0 Å². The maximum atomic E-state index is 11.6. The predicted octanol–water partition coefficient (Wildman–Crippen LogP) is 2.21. The number of carbonyl (C=O) groups excluding carboxylic acids is 1. The summed E-state index contributed by atoms with van der Waals surface area (Å²) < 4.78 is 0. The average Bonchev–Trinajstić information content (AvgIpc) is 2.17. The monoisotopic (exact) mass is 204 g/mol. The van der Waals surface area contributed by atoms with E-state index in [1.54, 1.807) is 19.1 Å². The van der Waals surface area contributed by atoms with Gasteiger partial charge in [0.2, 0.25) is 0 Å². The molecule has 0 saturated carbocycles. The second kappa shape index (κ2) is 3.50. The molecule has 2 rings (SSSR count). The van der Waals surface area contributed by atoms with Crippen molar-refractivity contribution >= 4 is 11.8 Å². The van der Waals surface area contributed by atoms with E-state index in [0.717, 1.165) is 17.5 Å². The molecule has 1 aliphatic carbocycles. The highest BCUT2D eigenvalue weighted by atomic mass is 16.4. The minimum absolute atomic E-state index is 0.0683. The van der Waals surface area contributed by atoms with Gasteiger partial charge >= 0.3 is 5.97 Å². The summed E-state index contributed by atoms with van der Waals surface area (Å²) in [5, 5.41) is 9.10. The van der Waals surface area contributed by atoms with E-state index in [1.807, 2.05) is 0 Å². The lowest BCUT2D eigenvalue weighted by molar-refractivity contribution is 0.0694. The molecule has 0 radical (unpaired) electrons. The normalized spacial score (nSPS) is 14.9. The highest BCUT2D eigenvalue weighted by Gasteiger charge is 2.23. The van der Waals surface area contributed by atoms with Crippen molar-refractivity contribution in [2.75, 3.05) is 0 Å². The molecule has 0 saturated heterocycles. The van der Waals surface area contributed by atoms with Crippen LogP contribution in [0, 0.1) is 6.92 Å². The summed E-state index contributed by atoms with van der Waals surface area (Å²) in [5.41, 5.74) is 2.37. The first-order chi connectivity index (χ1) is 7.11. The van der Waals surface area contributed by atoms with Gasteiger partial charge in [-0.3, -0.25) is 4.79 Å². The molecule has 1 aromatic carbocycles. The standard InChI is InChI=1S/C12H12O3/c1-7-5-6-8-9(11(7)12(14)15)3-2-4-10(8)13/h5-6H,2-4H2,1H3,(H,14,15). The largest absolute Gasteiger partial charge is 0.478 e. The molecule has 3 heteroatoms. The Balaban J connectivity index is 2.68. The van der Waals surface area contributed by atoms with Crippen molar-refractivity contribution in [1.82, 2.24) is 0 Å². The van der Waals surface area contributed by atoms with Crippen molar-refractivity contribution in [1.29, 1.82) is 0 Å². The fraction of sp³-hybridized carbons (Fsp3) is 0.333. The Labute approximate surface area is 87.7 Å². The summed E-state index contributed by atoms with van der Waals surface area (Å²) in [6.07, 6.45) is 2.00. The Hall–Kier alpha value is -1.64. The molecule has 0 bridgehead atoms. The lowest BCUT2D eigenvalue weighted by atomic mass is 9.85. The molecule has 1 aliphatic rings. The third-order valence-electron chi connectivity index (χ3n) is 2.87. The lowest BCUT2D eigenvalue weighted by Crippen LogP contribution is -2.16. The molecule has 0 unspecified atom stereocenters. The van der Waals surface area contributed by atoms with Crippen LogP contribution in [0.1, 0.15) is 44.7 Å².